The van der Waals surface area contributed by atoms with Crippen molar-refractivity contribution in [1.82, 2.24) is 14.8 Å². The van der Waals surface area contributed by atoms with Crippen LogP contribution in [-0.2, 0) is 5.75 Å². The number of halogens is 2. The lowest BCUT2D eigenvalue weighted by molar-refractivity contribution is 0.886. The molecule has 0 bridgehead atoms. The highest BCUT2D eigenvalue weighted by Crippen LogP contribution is 2.32. The van der Waals surface area contributed by atoms with Gasteiger partial charge in [-0.05, 0) is 54.1 Å². The molecule has 0 atom stereocenters. The molecule has 0 spiro atoms. The third-order valence-corrected chi connectivity index (χ3v) is 5.75. The molecule has 1 aromatic heterocycles. The number of nitrogens with zero attached hydrogens (tertiary/aromatic N) is 3. The molecule has 0 aliphatic carbocycles. The summed E-state index contributed by atoms with van der Waals surface area (Å²) in [7, 11) is 0. The average molecular weight is 427 g/mol. The molecule has 1 heterocycles. The maximum atomic E-state index is 6.32. The number of para-hydroxylation sites is 1. The number of thioether (sulfide) groups is 1. The van der Waals surface area contributed by atoms with Gasteiger partial charge in [-0.15, -0.1) is 10.2 Å². The first-order chi connectivity index (χ1) is 13.6. The van der Waals surface area contributed by atoms with E-state index < -0.39 is 0 Å². The number of nitrogen functional groups attached to an aromatic ring is 1. The molecule has 0 amide bonds. The van der Waals surface area contributed by atoms with Crippen LogP contribution in [0.25, 0.3) is 17.1 Å². The zero-order chi connectivity index (χ0) is 19.5. The summed E-state index contributed by atoms with van der Waals surface area (Å²) in [6.07, 6.45) is 0. The van der Waals surface area contributed by atoms with E-state index in [0.29, 0.717) is 21.5 Å². The molecule has 140 valence electrons. The normalized spacial score (nSPS) is 10.9. The van der Waals surface area contributed by atoms with Crippen LogP contribution in [0.15, 0.2) is 78.0 Å². The van der Waals surface area contributed by atoms with Gasteiger partial charge in [-0.1, -0.05) is 59.2 Å². The van der Waals surface area contributed by atoms with Crippen LogP contribution in [0.5, 0.6) is 0 Å². The molecule has 3 aromatic carbocycles. The molecule has 0 aliphatic rings. The Morgan fingerprint density at radius 2 is 1.64 bits per heavy atom. The van der Waals surface area contributed by atoms with Crippen LogP contribution in [-0.4, -0.2) is 14.8 Å². The smallest absolute Gasteiger partial charge is 0.196 e. The van der Waals surface area contributed by atoms with Gasteiger partial charge in [-0.2, -0.15) is 0 Å². The SMILES string of the molecule is Nc1ccc(-c2nnc(SCc3ccc(Cl)cc3Cl)n2-c2ccccc2)cc1. The number of hydrogen-bond donors (Lipinski definition) is 1. The Bertz CT molecular complexity index is 1100. The number of rotatable bonds is 5. The number of nitrogens with two attached hydrogens (primary N) is 1. The molecule has 7 heteroatoms. The van der Waals surface area contributed by atoms with Crippen molar-refractivity contribution in [3.63, 3.8) is 0 Å². The average Bonchev–Trinajstić information content (AvgIpc) is 3.12. The van der Waals surface area contributed by atoms with E-state index in [-0.39, 0.29) is 0 Å². The minimum Gasteiger partial charge on any atom is -0.399 e. The second-order valence-electron chi connectivity index (χ2n) is 6.12. The molecule has 0 saturated heterocycles. The first-order valence-corrected chi connectivity index (χ1v) is 10.3. The molecule has 4 aromatic rings. The van der Waals surface area contributed by atoms with Crippen molar-refractivity contribution in [3.8, 4) is 17.1 Å². The van der Waals surface area contributed by atoms with E-state index in [2.05, 4.69) is 10.2 Å². The summed E-state index contributed by atoms with van der Waals surface area (Å²) >= 11 is 13.9. The highest BCUT2D eigenvalue weighted by atomic mass is 35.5. The maximum absolute atomic E-state index is 6.32. The van der Waals surface area contributed by atoms with Crippen molar-refractivity contribution in [3.05, 3.63) is 88.4 Å². The first-order valence-electron chi connectivity index (χ1n) is 8.55. The lowest BCUT2D eigenvalue weighted by Gasteiger charge is -2.11. The third kappa shape index (κ3) is 4.02. The lowest BCUT2D eigenvalue weighted by Crippen LogP contribution is -2.00. The van der Waals surface area contributed by atoms with E-state index >= 15 is 0 Å². The van der Waals surface area contributed by atoms with Crippen LogP contribution in [0.1, 0.15) is 5.56 Å². The highest BCUT2D eigenvalue weighted by Gasteiger charge is 2.16. The van der Waals surface area contributed by atoms with Crippen LogP contribution in [0.2, 0.25) is 10.0 Å². The largest absolute Gasteiger partial charge is 0.399 e. The van der Waals surface area contributed by atoms with E-state index in [1.54, 1.807) is 17.8 Å². The zero-order valence-electron chi connectivity index (χ0n) is 14.7. The molecule has 0 unspecified atom stereocenters. The Labute approximate surface area is 177 Å². The lowest BCUT2D eigenvalue weighted by atomic mass is 10.2. The number of benzene rings is 3. The summed E-state index contributed by atoms with van der Waals surface area (Å²) in [4.78, 5) is 0. The standard InChI is InChI=1S/C21H16Cl2N4S/c22-16-9-6-15(19(23)12-16)13-28-21-26-25-20(14-7-10-17(24)11-8-14)27(21)18-4-2-1-3-5-18/h1-12H,13,24H2. The molecular weight excluding hydrogens is 411 g/mol. The summed E-state index contributed by atoms with van der Waals surface area (Å²) in [6, 6.07) is 23.2. The van der Waals surface area contributed by atoms with Gasteiger partial charge in [0.15, 0.2) is 11.0 Å². The summed E-state index contributed by atoms with van der Waals surface area (Å²) in [6.45, 7) is 0. The molecule has 4 rings (SSSR count). The van der Waals surface area contributed by atoms with Gasteiger partial charge in [0.25, 0.3) is 0 Å². The number of anilines is 1. The van der Waals surface area contributed by atoms with E-state index in [0.717, 1.165) is 27.8 Å². The summed E-state index contributed by atoms with van der Waals surface area (Å²) in [5.41, 5.74) is 9.47. The van der Waals surface area contributed by atoms with E-state index in [1.165, 1.54) is 0 Å². The fraction of sp³-hybridized carbons (Fsp3) is 0.0476. The van der Waals surface area contributed by atoms with Gasteiger partial charge in [0, 0.05) is 32.7 Å². The fourth-order valence-corrected chi connectivity index (χ4v) is 4.28. The van der Waals surface area contributed by atoms with Crippen molar-refractivity contribution in [2.75, 3.05) is 5.73 Å². The van der Waals surface area contributed by atoms with Gasteiger partial charge >= 0.3 is 0 Å². The van der Waals surface area contributed by atoms with Crippen LogP contribution < -0.4 is 5.73 Å². The van der Waals surface area contributed by atoms with Crippen LogP contribution in [0.4, 0.5) is 5.69 Å². The van der Waals surface area contributed by atoms with Crippen molar-refractivity contribution in [1.29, 1.82) is 0 Å². The monoisotopic (exact) mass is 426 g/mol. The molecule has 2 N–H and O–H groups in total. The van der Waals surface area contributed by atoms with Gasteiger partial charge in [-0.25, -0.2) is 0 Å². The zero-order valence-corrected chi connectivity index (χ0v) is 17.0. The second-order valence-corrected chi connectivity index (χ2v) is 7.91. The minimum absolute atomic E-state index is 0.622. The van der Waals surface area contributed by atoms with Gasteiger partial charge in [0.05, 0.1) is 0 Å². The Kier molecular flexibility index (Phi) is 5.57. The van der Waals surface area contributed by atoms with Crippen molar-refractivity contribution < 1.29 is 0 Å². The fourth-order valence-electron chi connectivity index (χ4n) is 2.77. The van der Waals surface area contributed by atoms with Crippen LogP contribution in [0, 0.1) is 0 Å². The summed E-state index contributed by atoms with van der Waals surface area (Å²) in [5, 5.41) is 10.9. The van der Waals surface area contributed by atoms with Crippen molar-refractivity contribution in [2.24, 2.45) is 0 Å². The number of aromatic nitrogens is 3. The van der Waals surface area contributed by atoms with Crippen molar-refractivity contribution >= 4 is 40.7 Å². The molecule has 0 radical (unpaired) electrons. The Morgan fingerprint density at radius 1 is 0.893 bits per heavy atom. The predicted molar refractivity (Wildman–Crippen MR) is 117 cm³/mol. The first kappa shape index (κ1) is 18.9. The maximum Gasteiger partial charge on any atom is 0.196 e. The Hall–Kier alpha value is -2.47. The molecule has 4 nitrogen and oxygen atoms in total. The minimum atomic E-state index is 0.622. The third-order valence-electron chi connectivity index (χ3n) is 4.19. The predicted octanol–water partition coefficient (Wildman–Crippen LogP) is 6.12. The second kappa shape index (κ2) is 8.27. The molecule has 0 saturated carbocycles. The van der Waals surface area contributed by atoms with Gasteiger partial charge in [0.2, 0.25) is 0 Å². The quantitative estimate of drug-likeness (QED) is 0.308. The summed E-state index contributed by atoms with van der Waals surface area (Å²) < 4.78 is 2.04. The Balaban J connectivity index is 1.72. The van der Waals surface area contributed by atoms with E-state index in [9.17, 15) is 0 Å². The van der Waals surface area contributed by atoms with Gasteiger partial charge in [0.1, 0.15) is 0 Å². The van der Waals surface area contributed by atoms with Crippen molar-refractivity contribution in [2.45, 2.75) is 10.9 Å². The summed E-state index contributed by atoms with van der Waals surface area (Å²) in [5.74, 6) is 1.42. The van der Waals surface area contributed by atoms with Crippen LogP contribution in [0.3, 0.4) is 0 Å². The molecule has 28 heavy (non-hydrogen) atoms. The van der Waals surface area contributed by atoms with Crippen LogP contribution >= 0.6 is 35.0 Å². The molecular formula is C21H16Cl2N4S. The topological polar surface area (TPSA) is 56.7 Å². The van der Waals surface area contributed by atoms with Gasteiger partial charge in [-0.3, -0.25) is 4.57 Å². The Morgan fingerprint density at radius 3 is 2.36 bits per heavy atom. The molecule has 0 fully saturated rings. The van der Waals surface area contributed by atoms with Gasteiger partial charge < -0.3 is 5.73 Å². The van der Waals surface area contributed by atoms with E-state index in [4.69, 9.17) is 28.9 Å². The highest BCUT2D eigenvalue weighted by molar-refractivity contribution is 7.98. The molecule has 0 aliphatic heterocycles. The number of hydrogen-bond acceptors (Lipinski definition) is 4. The van der Waals surface area contributed by atoms with E-state index in [1.807, 2.05) is 71.3 Å².